The molecule has 0 saturated heterocycles. The number of hydrogen-bond donors (Lipinski definition) is 0. The third kappa shape index (κ3) is 3.79. The number of para-hydroxylation sites is 1. The molecular weight excluding hydrogens is 334 g/mol. The van der Waals surface area contributed by atoms with Crippen LogP contribution in [0, 0.1) is 5.92 Å². The summed E-state index contributed by atoms with van der Waals surface area (Å²) in [6.45, 7) is 7.50. The van der Waals surface area contributed by atoms with Crippen LogP contribution in [0.5, 0.6) is 5.75 Å². The summed E-state index contributed by atoms with van der Waals surface area (Å²) in [7, 11) is 1.56. The van der Waals surface area contributed by atoms with Crippen molar-refractivity contribution in [3.8, 4) is 5.75 Å². The summed E-state index contributed by atoms with van der Waals surface area (Å²) in [4.78, 5) is 29.8. The van der Waals surface area contributed by atoms with Gasteiger partial charge in [0.1, 0.15) is 11.7 Å². The second-order valence-corrected chi connectivity index (χ2v) is 5.92. The van der Waals surface area contributed by atoms with Crippen LogP contribution < -0.4 is 4.74 Å². The Morgan fingerprint density at radius 3 is 2.35 bits per heavy atom. The van der Waals surface area contributed by atoms with Gasteiger partial charge in [-0.2, -0.15) is 0 Å². The second-order valence-electron chi connectivity index (χ2n) is 5.92. The molecule has 0 N–H and O–H groups in total. The predicted octanol–water partition coefficient (Wildman–Crippen LogP) is 3.27. The lowest BCUT2D eigenvalue weighted by Crippen LogP contribution is -2.36. The number of benzene rings is 1. The van der Waals surface area contributed by atoms with E-state index < -0.39 is 23.8 Å². The van der Waals surface area contributed by atoms with E-state index in [1.165, 1.54) is 0 Å². The molecule has 1 aromatic rings. The molecule has 2 rings (SSSR count). The van der Waals surface area contributed by atoms with Crippen molar-refractivity contribution in [3.63, 3.8) is 0 Å². The molecule has 0 aliphatic carbocycles. The highest BCUT2D eigenvalue weighted by Gasteiger charge is 2.43. The fraction of sp³-hybridized carbons (Fsp3) is 0.450. The topological polar surface area (TPSA) is 74.2 Å². The number of hydrogen-bond acceptors (Lipinski definition) is 6. The molecule has 0 saturated carbocycles. The number of rotatable bonds is 6. The molecule has 0 fully saturated rings. The van der Waals surface area contributed by atoms with Crippen molar-refractivity contribution in [2.24, 2.45) is 10.9 Å². The number of esters is 2. The highest BCUT2D eigenvalue weighted by Crippen LogP contribution is 2.43. The van der Waals surface area contributed by atoms with E-state index in [0.29, 0.717) is 22.7 Å². The number of ether oxygens (including phenoxy) is 3. The molecule has 0 aromatic heterocycles. The molecule has 1 aromatic carbocycles. The minimum Gasteiger partial charge on any atom is -0.496 e. The van der Waals surface area contributed by atoms with Crippen LogP contribution in [-0.2, 0) is 19.1 Å². The van der Waals surface area contributed by atoms with Gasteiger partial charge in [0.2, 0.25) is 0 Å². The molecule has 6 heteroatoms. The van der Waals surface area contributed by atoms with Crippen LogP contribution in [0.2, 0.25) is 0 Å². The van der Waals surface area contributed by atoms with Gasteiger partial charge in [0.15, 0.2) is 0 Å². The summed E-state index contributed by atoms with van der Waals surface area (Å²) in [6.07, 6.45) is 0. The van der Waals surface area contributed by atoms with E-state index in [2.05, 4.69) is 4.99 Å². The second kappa shape index (κ2) is 8.65. The lowest BCUT2D eigenvalue weighted by atomic mass is 9.75. The van der Waals surface area contributed by atoms with Gasteiger partial charge < -0.3 is 14.2 Å². The summed E-state index contributed by atoms with van der Waals surface area (Å²) >= 11 is 0. The minimum atomic E-state index is -0.714. The first-order chi connectivity index (χ1) is 12.5. The average molecular weight is 359 g/mol. The van der Waals surface area contributed by atoms with E-state index in [4.69, 9.17) is 14.2 Å². The highest BCUT2D eigenvalue weighted by atomic mass is 16.5. The van der Waals surface area contributed by atoms with Gasteiger partial charge in [0.25, 0.3) is 0 Å². The van der Waals surface area contributed by atoms with E-state index in [9.17, 15) is 9.59 Å². The van der Waals surface area contributed by atoms with Crippen molar-refractivity contribution in [1.29, 1.82) is 0 Å². The van der Waals surface area contributed by atoms with Crippen LogP contribution in [-0.4, -0.2) is 38.0 Å². The monoisotopic (exact) mass is 359 g/mol. The van der Waals surface area contributed by atoms with Gasteiger partial charge >= 0.3 is 11.9 Å². The Labute approximate surface area is 153 Å². The van der Waals surface area contributed by atoms with Gasteiger partial charge in [-0.05, 0) is 33.8 Å². The van der Waals surface area contributed by atoms with Gasteiger partial charge in [-0.25, -0.2) is 4.79 Å². The van der Waals surface area contributed by atoms with Crippen molar-refractivity contribution in [2.45, 2.75) is 33.6 Å². The molecule has 2 atom stereocenters. The van der Waals surface area contributed by atoms with Crippen molar-refractivity contribution in [2.75, 3.05) is 20.3 Å². The summed E-state index contributed by atoms with van der Waals surface area (Å²) in [5.74, 6) is -1.60. The Bertz CT molecular complexity index is 750. The molecule has 26 heavy (non-hydrogen) atoms. The molecule has 1 unspecified atom stereocenters. The fourth-order valence-electron chi connectivity index (χ4n) is 3.31. The molecule has 0 spiro atoms. The fourth-order valence-corrected chi connectivity index (χ4v) is 3.31. The molecule has 0 amide bonds. The highest BCUT2D eigenvalue weighted by molar-refractivity contribution is 6.07. The number of nitrogens with zero attached hydrogens (tertiary/aromatic N) is 1. The van der Waals surface area contributed by atoms with E-state index in [0.717, 1.165) is 5.56 Å². The maximum Gasteiger partial charge on any atom is 0.336 e. The number of carbonyl (C=O) groups excluding carboxylic acids is 2. The van der Waals surface area contributed by atoms with Crippen molar-refractivity contribution in [3.05, 3.63) is 41.1 Å². The quantitative estimate of drug-likeness (QED) is 0.729. The first kappa shape index (κ1) is 19.7. The largest absolute Gasteiger partial charge is 0.496 e. The smallest absolute Gasteiger partial charge is 0.336 e. The molecule has 1 aliphatic heterocycles. The average Bonchev–Trinajstić information content (AvgIpc) is 2.61. The van der Waals surface area contributed by atoms with Crippen molar-refractivity contribution >= 4 is 17.7 Å². The van der Waals surface area contributed by atoms with Gasteiger partial charge in [-0.3, -0.25) is 9.79 Å². The van der Waals surface area contributed by atoms with E-state index in [1.807, 2.05) is 18.2 Å². The summed E-state index contributed by atoms with van der Waals surface area (Å²) in [6, 6.07) is 7.34. The van der Waals surface area contributed by atoms with E-state index in [-0.39, 0.29) is 13.2 Å². The lowest BCUT2D eigenvalue weighted by Gasteiger charge is -2.32. The normalized spacial score (nSPS) is 19.7. The summed E-state index contributed by atoms with van der Waals surface area (Å²) in [5.41, 5.74) is 2.23. The molecule has 6 nitrogen and oxygen atoms in total. The number of methoxy groups -OCH3 is 1. The minimum absolute atomic E-state index is 0.237. The van der Waals surface area contributed by atoms with Gasteiger partial charge in [-0.15, -0.1) is 0 Å². The Hall–Kier alpha value is -2.63. The van der Waals surface area contributed by atoms with Gasteiger partial charge in [-0.1, -0.05) is 18.2 Å². The SMILES string of the molecule is CCOC(=O)C1=C(C)N=C(C)C(C(=O)OCC)[C@H]1c1ccccc1OC. The molecular formula is C20H25NO5. The van der Waals surface area contributed by atoms with Gasteiger partial charge in [0.05, 0.1) is 25.9 Å². The maximum atomic E-state index is 12.7. The van der Waals surface area contributed by atoms with Crippen molar-refractivity contribution in [1.82, 2.24) is 0 Å². The molecule has 140 valence electrons. The molecule has 1 heterocycles. The van der Waals surface area contributed by atoms with Crippen LogP contribution in [0.1, 0.15) is 39.2 Å². The Kier molecular flexibility index (Phi) is 6.55. The zero-order valence-corrected chi connectivity index (χ0v) is 15.9. The first-order valence-corrected chi connectivity index (χ1v) is 8.68. The third-order valence-electron chi connectivity index (χ3n) is 4.34. The predicted molar refractivity (Wildman–Crippen MR) is 98.3 cm³/mol. The number of aliphatic imine (C=N–C) groups is 1. The van der Waals surface area contributed by atoms with Crippen LogP contribution in [0.15, 0.2) is 40.5 Å². The standard InChI is InChI=1S/C20H25NO5/c1-6-25-19(22)16-12(3)21-13(4)17(20(23)26-7-2)18(16)14-10-8-9-11-15(14)24-5/h8-11,16,18H,6-7H2,1-5H3/t16?,18-/m1/s1. The number of allylic oxidation sites excluding steroid dienone is 1. The Morgan fingerprint density at radius 2 is 1.73 bits per heavy atom. The third-order valence-corrected chi connectivity index (χ3v) is 4.34. The molecule has 0 radical (unpaired) electrons. The maximum absolute atomic E-state index is 12.7. The van der Waals surface area contributed by atoms with Crippen LogP contribution in [0.3, 0.4) is 0 Å². The number of carbonyl (C=O) groups is 2. The molecule has 1 aliphatic rings. The van der Waals surface area contributed by atoms with Gasteiger partial charge in [0, 0.05) is 22.9 Å². The summed E-state index contributed by atoms with van der Waals surface area (Å²) < 4.78 is 16.0. The lowest BCUT2D eigenvalue weighted by molar-refractivity contribution is -0.146. The van der Waals surface area contributed by atoms with Crippen molar-refractivity contribution < 1.29 is 23.8 Å². The summed E-state index contributed by atoms with van der Waals surface area (Å²) in [5, 5.41) is 0. The van der Waals surface area contributed by atoms with Crippen LogP contribution >= 0.6 is 0 Å². The van der Waals surface area contributed by atoms with Crippen LogP contribution in [0.25, 0.3) is 0 Å². The zero-order chi connectivity index (χ0) is 19.3. The van der Waals surface area contributed by atoms with E-state index >= 15 is 0 Å². The first-order valence-electron chi connectivity index (χ1n) is 8.68. The zero-order valence-electron chi connectivity index (χ0n) is 15.9. The van der Waals surface area contributed by atoms with E-state index in [1.54, 1.807) is 40.9 Å². The molecule has 0 bridgehead atoms. The van der Waals surface area contributed by atoms with Crippen LogP contribution in [0.4, 0.5) is 0 Å². The Morgan fingerprint density at radius 1 is 1.08 bits per heavy atom. The Balaban J connectivity index is 2.68.